The number of aliphatic hydroxyl groups excluding tert-OH is 1. The molecule has 0 aromatic rings. The highest BCUT2D eigenvalue weighted by atomic mass is 16.3. The molecule has 27 heavy (non-hydrogen) atoms. The van der Waals surface area contributed by atoms with Gasteiger partial charge in [0.2, 0.25) is 0 Å². The van der Waals surface area contributed by atoms with Crippen molar-refractivity contribution >= 4 is 0 Å². The van der Waals surface area contributed by atoms with Crippen LogP contribution in [-0.2, 0) is 0 Å². The minimum atomic E-state index is 0.279. The second kappa shape index (κ2) is 5.97. The molecule has 0 amide bonds. The van der Waals surface area contributed by atoms with Crippen molar-refractivity contribution in [1.82, 2.24) is 0 Å². The molecule has 5 aliphatic carbocycles. The first-order chi connectivity index (χ1) is 12.9. The maximum absolute atomic E-state index is 10.3. The van der Waals surface area contributed by atoms with Crippen LogP contribution in [0, 0.1) is 45.8 Å². The number of hydrogen-bond acceptors (Lipinski definition) is 1. The van der Waals surface area contributed by atoms with Gasteiger partial charge in [-0.25, -0.2) is 0 Å². The first-order valence-electron chi connectivity index (χ1n) is 11.9. The molecule has 0 aromatic carbocycles. The third-order valence-electron chi connectivity index (χ3n) is 10.4. The molecule has 5 rings (SSSR count). The van der Waals surface area contributed by atoms with Gasteiger partial charge in [-0.1, -0.05) is 83.1 Å². The maximum atomic E-state index is 10.3. The Labute approximate surface area is 166 Å². The molecule has 0 aromatic heterocycles. The van der Waals surface area contributed by atoms with Crippen LogP contribution in [0.15, 0.2) is 23.8 Å². The van der Waals surface area contributed by atoms with Gasteiger partial charge in [0.1, 0.15) is 0 Å². The number of fused-ring (bicyclic) bond motifs is 4. The quantitative estimate of drug-likeness (QED) is 0.587. The van der Waals surface area contributed by atoms with E-state index in [0.29, 0.717) is 29.3 Å². The van der Waals surface area contributed by atoms with Crippen molar-refractivity contribution in [3.05, 3.63) is 23.8 Å². The van der Waals surface area contributed by atoms with E-state index in [2.05, 4.69) is 33.4 Å². The Kier molecular flexibility index (Phi) is 4.09. The highest BCUT2D eigenvalue weighted by Crippen LogP contribution is 2.79. The monoisotopic (exact) mass is 368 g/mol. The zero-order valence-electron chi connectivity index (χ0n) is 17.9. The second-order valence-electron chi connectivity index (χ2n) is 11.7. The van der Waals surface area contributed by atoms with E-state index in [1.807, 2.05) is 0 Å². The molecule has 1 spiro atoms. The normalized spacial score (nSPS) is 48.9. The third kappa shape index (κ3) is 2.27. The molecule has 0 saturated heterocycles. The van der Waals surface area contributed by atoms with Crippen molar-refractivity contribution in [1.29, 1.82) is 0 Å². The Morgan fingerprint density at radius 1 is 1.00 bits per heavy atom. The Bertz CT molecular complexity index is 666. The Hall–Kier alpha value is -0.560. The average Bonchev–Trinajstić information content (AvgIpc) is 3.05. The van der Waals surface area contributed by atoms with E-state index in [4.69, 9.17) is 0 Å². The zero-order chi connectivity index (χ0) is 19.0. The number of aliphatic hydroxyl groups is 1. The van der Waals surface area contributed by atoms with Crippen molar-refractivity contribution in [2.75, 3.05) is 6.61 Å². The summed E-state index contributed by atoms with van der Waals surface area (Å²) in [5.41, 5.74) is 4.19. The van der Waals surface area contributed by atoms with Crippen molar-refractivity contribution in [3.63, 3.8) is 0 Å². The van der Waals surface area contributed by atoms with Gasteiger partial charge < -0.3 is 5.11 Å². The summed E-state index contributed by atoms with van der Waals surface area (Å²) < 4.78 is 0. The molecule has 150 valence electrons. The van der Waals surface area contributed by atoms with Crippen molar-refractivity contribution in [3.8, 4) is 0 Å². The standard InChI is InChI=1S/C26H40O/c1-17-15-21-25(4,23-22(17)24(23,2)3)20(18-9-6-5-7-10-18)12-14-26(21)13-8-11-19(26)16-27/h15,18-20,22-23,27H,1,5-14,16H2,2-4H3. The summed E-state index contributed by atoms with van der Waals surface area (Å²) in [7, 11) is 0. The van der Waals surface area contributed by atoms with Crippen LogP contribution in [0.1, 0.15) is 85.0 Å². The molecular weight excluding hydrogens is 328 g/mol. The van der Waals surface area contributed by atoms with Crippen molar-refractivity contribution in [2.24, 2.45) is 45.8 Å². The molecule has 6 unspecified atom stereocenters. The fraction of sp³-hybridized carbons (Fsp3) is 0.846. The summed E-state index contributed by atoms with van der Waals surface area (Å²) in [4.78, 5) is 0. The van der Waals surface area contributed by atoms with Gasteiger partial charge in [-0.15, -0.1) is 0 Å². The molecule has 0 aliphatic heterocycles. The smallest absolute Gasteiger partial charge is 0.0467 e. The molecule has 1 nitrogen and oxygen atoms in total. The van der Waals surface area contributed by atoms with Crippen LogP contribution in [-0.4, -0.2) is 11.7 Å². The fourth-order valence-electron chi connectivity index (χ4n) is 9.36. The predicted octanol–water partition coefficient (Wildman–Crippen LogP) is 6.53. The van der Waals surface area contributed by atoms with Crippen LogP contribution in [0.2, 0.25) is 0 Å². The van der Waals surface area contributed by atoms with Crippen LogP contribution in [0.4, 0.5) is 0 Å². The minimum absolute atomic E-state index is 0.279. The van der Waals surface area contributed by atoms with E-state index in [9.17, 15) is 5.11 Å². The molecule has 4 saturated carbocycles. The summed E-state index contributed by atoms with van der Waals surface area (Å²) in [6.45, 7) is 12.6. The van der Waals surface area contributed by atoms with Crippen LogP contribution >= 0.6 is 0 Å². The molecule has 0 radical (unpaired) electrons. The largest absolute Gasteiger partial charge is 0.396 e. The van der Waals surface area contributed by atoms with Crippen LogP contribution in [0.3, 0.4) is 0 Å². The molecular formula is C26H40O. The van der Waals surface area contributed by atoms with Crippen LogP contribution < -0.4 is 0 Å². The van der Waals surface area contributed by atoms with Gasteiger partial charge in [-0.05, 0) is 71.5 Å². The lowest BCUT2D eigenvalue weighted by Crippen LogP contribution is -2.51. The van der Waals surface area contributed by atoms with E-state index < -0.39 is 0 Å². The third-order valence-corrected chi connectivity index (χ3v) is 10.4. The van der Waals surface area contributed by atoms with Crippen LogP contribution in [0.5, 0.6) is 0 Å². The topological polar surface area (TPSA) is 20.2 Å². The van der Waals surface area contributed by atoms with Gasteiger partial charge in [0.05, 0.1) is 0 Å². The molecule has 6 atom stereocenters. The van der Waals surface area contributed by atoms with Gasteiger partial charge in [0, 0.05) is 6.61 Å². The van der Waals surface area contributed by atoms with E-state index in [1.54, 1.807) is 5.57 Å². The Morgan fingerprint density at radius 3 is 2.44 bits per heavy atom. The number of rotatable bonds is 2. The summed E-state index contributed by atoms with van der Waals surface area (Å²) in [5.74, 6) is 3.75. The lowest BCUT2D eigenvalue weighted by molar-refractivity contribution is -0.0104. The van der Waals surface area contributed by atoms with Gasteiger partial charge in [-0.3, -0.25) is 0 Å². The molecule has 1 heteroatoms. The second-order valence-corrected chi connectivity index (χ2v) is 11.7. The molecule has 5 aliphatic rings. The van der Waals surface area contributed by atoms with E-state index in [1.165, 1.54) is 69.8 Å². The average molecular weight is 369 g/mol. The highest BCUT2D eigenvalue weighted by molar-refractivity contribution is 5.48. The summed E-state index contributed by atoms with van der Waals surface area (Å²) in [6, 6.07) is 0. The Balaban J connectivity index is 1.62. The van der Waals surface area contributed by atoms with E-state index in [0.717, 1.165) is 17.8 Å². The van der Waals surface area contributed by atoms with Crippen LogP contribution in [0.25, 0.3) is 0 Å². The van der Waals surface area contributed by atoms with Gasteiger partial charge in [0.15, 0.2) is 0 Å². The SMILES string of the molecule is C=C1C=C2C3(CCCC3CO)CCC(C3CCCCC3)C2(C)C2C1C2(C)C. The highest BCUT2D eigenvalue weighted by Gasteiger charge is 2.73. The molecule has 1 N–H and O–H groups in total. The van der Waals surface area contributed by atoms with E-state index in [-0.39, 0.29) is 5.41 Å². The Morgan fingerprint density at radius 2 is 1.74 bits per heavy atom. The summed E-state index contributed by atoms with van der Waals surface area (Å²) >= 11 is 0. The number of hydrogen-bond donors (Lipinski definition) is 1. The summed E-state index contributed by atoms with van der Waals surface area (Å²) in [5, 5.41) is 10.3. The van der Waals surface area contributed by atoms with Gasteiger partial charge in [-0.2, -0.15) is 0 Å². The zero-order valence-corrected chi connectivity index (χ0v) is 17.9. The first kappa shape index (κ1) is 18.5. The van der Waals surface area contributed by atoms with Crippen molar-refractivity contribution in [2.45, 2.75) is 85.0 Å². The van der Waals surface area contributed by atoms with Gasteiger partial charge >= 0.3 is 0 Å². The minimum Gasteiger partial charge on any atom is -0.396 e. The molecule has 0 bridgehead atoms. The predicted molar refractivity (Wildman–Crippen MR) is 112 cm³/mol. The van der Waals surface area contributed by atoms with Crippen molar-refractivity contribution < 1.29 is 5.11 Å². The summed E-state index contributed by atoms with van der Waals surface area (Å²) in [6.07, 6.45) is 16.4. The van der Waals surface area contributed by atoms with Gasteiger partial charge in [0.25, 0.3) is 0 Å². The number of allylic oxidation sites excluding steroid dienone is 3. The maximum Gasteiger partial charge on any atom is 0.0467 e. The fourth-order valence-corrected chi connectivity index (χ4v) is 9.36. The molecule has 4 fully saturated rings. The van der Waals surface area contributed by atoms with E-state index >= 15 is 0 Å². The lowest BCUT2D eigenvalue weighted by atomic mass is 9.46. The molecule has 0 heterocycles. The lowest BCUT2D eigenvalue weighted by Gasteiger charge is -2.58. The first-order valence-corrected chi connectivity index (χ1v) is 11.9.